The van der Waals surface area contributed by atoms with E-state index in [0.29, 0.717) is 0 Å². The molecule has 0 N–H and O–H groups in total. The second-order valence-corrected chi connectivity index (χ2v) is 3.05. The summed E-state index contributed by atoms with van der Waals surface area (Å²) in [5, 5.41) is 0. The molecule has 1 aliphatic rings. The molecular weight excluding hydrogens is 156 g/mol. The third kappa shape index (κ3) is 1.97. The highest BCUT2D eigenvalue weighted by Gasteiger charge is 2.36. The SMILES string of the molecule is CCOC1CCC(OC)C1OC. The summed E-state index contributed by atoms with van der Waals surface area (Å²) in [5.41, 5.74) is 0. The monoisotopic (exact) mass is 174 g/mol. The Kier molecular flexibility index (Phi) is 3.98. The second-order valence-electron chi connectivity index (χ2n) is 3.05. The van der Waals surface area contributed by atoms with Crippen LogP contribution in [0, 0.1) is 0 Å². The summed E-state index contributed by atoms with van der Waals surface area (Å²) < 4.78 is 16.1. The smallest absolute Gasteiger partial charge is 0.109 e. The summed E-state index contributed by atoms with van der Waals surface area (Å²) in [4.78, 5) is 0. The van der Waals surface area contributed by atoms with Crippen LogP contribution in [0.1, 0.15) is 19.8 Å². The van der Waals surface area contributed by atoms with Crippen LogP contribution in [-0.2, 0) is 14.2 Å². The number of methoxy groups -OCH3 is 2. The summed E-state index contributed by atoms with van der Waals surface area (Å²) in [7, 11) is 3.44. The lowest BCUT2D eigenvalue weighted by atomic mass is 10.2. The molecule has 1 fully saturated rings. The lowest BCUT2D eigenvalue weighted by Crippen LogP contribution is -2.34. The molecular formula is C9H18O3. The van der Waals surface area contributed by atoms with Crippen LogP contribution >= 0.6 is 0 Å². The summed E-state index contributed by atoms with van der Waals surface area (Å²) in [6, 6.07) is 0. The zero-order chi connectivity index (χ0) is 8.97. The quantitative estimate of drug-likeness (QED) is 0.641. The van der Waals surface area contributed by atoms with Gasteiger partial charge in [-0.1, -0.05) is 0 Å². The molecule has 0 amide bonds. The van der Waals surface area contributed by atoms with E-state index in [4.69, 9.17) is 14.2 Å². The molecule has 12 heavy (non-hydrogen) atoms. The summed E-state index contributed by atoms with van der Waals surface area (Å²) >= 11 is 0. The molecule has 1 aliphatic carbocycles. The van der Waals surface area contributed by atoms with Crippen molar-refractivity contribution < 1.29 is 14.2 Å². The molecule has 0 heterocycles. The van der Waals surface area contributed by atoms with E-state index in [2.05, 4.69) is 0 Å². The van der Waals surface area contributed by atoms with Crippen molar-refractivity contribution in [3.63, 3.8) is 0 Å². The Morgan fingerprint density at radius 3 is 2.25 bits per heavy atom. The minimum atomic E-state index is 0.120. The van der Waals surface area contributed by atoms with Gasteiger partial charge < -0.3 is 14.2 Å². The predicted molar refractivity (Wildman–Crippen MR) is 46.2 cm³/mol. The minimum absolute atomic E-state index is 0.120. The average Bonchev–Trinajstić information content (AvgIpc) is 2.47. The molecule has 0 spiro atoms. The van der Waals surface area contributed by atoms with Crippen LogP contribution in [0.4, 0.5) is 0 Å². The maximum absolute atomic E-state index is 5.53. The molecule has 0 aromatic carbocycles. The van der Waals surface area contributed by atoms with Crippen molar-refractivity contribution in [2.45, 2.75) is 38.1 Å². The summed E-state index contributed by atoms with van der Waals surface area (Å²) in [6.45, 7) is 2.76. The summed E-state index contributed by atoms with van der Waals surface area (Å²) in [5.74, 6) is 0. The Bertz CT molecular complexity index is 127. The standard InChI is InChI=1S/C9H18O3/c1-4-12-8-6-5-7(10-2)9(8)11-3/h7-9H,4-6H2,1-3H3. The van der Waals surface area contributed by atoms with Crippen molar-refractivity contribution in [3.05, 3.63) is 0 Å². The zero-order valence-corrected chi connectivity index (χ0v) is 8.08. The van der Waals surface area contributed by atoms with Gasteiger partial charge in [-0.2, -0.15) is 0 Å². The van der Waals surface area contributed by atoms with Gasteiger partial charge in [-0.05, 0) is 19.8 Å². The van der Waals surface area contributed by atoms with E-state index in [-0.39, 0.29) is 18.3 Å². The van der Waals surface area contributed by atoms with Gasteiger partial charge in [0.25, 0.3) is 0 Å². The first kappa shape index (κ1) is 9.96. The topological polar surface area (TPSA) is 27.7 Å². The first-order valence-corrected chi connectivity index (χ1v) is 4.50. The maximum Gasteiger partial charge on any atom is 0.109 e. The van der Waals surface area contributed by atoms with Crippen LogP contribution in [-0.4, -0.2) is 39.1 Å². The first-order valence-electron chi connectivity index (χ1n) is 4.50. The molecule has 72 valence electrons. The summed E-state index contributed by atoms with van der Waals surface area (Å²) in [6.07, 6.45) is 2.65. The molecule has 3 heteroatoms. The van der Waals surface area contributed by atoms with E-state index in [9.17, 15) is 0 Å². The van der Waals surface area contributed by atoms with Gasteiger partial charge in [0.05, 0.1) is 12.2 Å². The van der Waals surface area contributed by atoms with E-state index in [0.717, 1.165) is 19.4 Å². The fourth-order valence-corrected chi connectivity index (χ4v) is 1.84. The molecule has 0 bridgehead atoms. The molecule has 0 radical (unpaired) electrons. The van der Waals surface area contributed by atoms with Crippen molar-refractivity contribution >= 4 is 0 Å². The van der Waals surface area contributed by atoms with Gasteiger partial charge in [0.15, 0.2) is 0 Å². The molecule has 0 saturated heterocycles. The molecule has 0 aliphatic heterocycles. The highest BCUT2D eigenvalue weighted by molar-refractivity contribution is 4.87. The van der Waals surface area contributed by atoms with Gasteiger partial charge in [0.2, 0.25) is 0 Å². The second kappa shape index (κ2) is 4.80. The molecule has 1 rings (SSSR count). The van der Waals surface area contributed by atoms with Crippen LogP contribution in [0.15, 0.2) is 0 Å². The zero-order valence-electron chi connectivity index (χ0n) is 8.08. The van der Waals surface area contributed by atoms with Crippen molar-refractivity contribution in [1.29, 1.82) is 0 Å². The van der Waals surface area contributed by atoms with E-state index in [1.807, 2.05) is 6.92 Å². The van der Waals surface area contributed by atoms with Crippen LogP contribution in [0.3, 0.4) is 0 Å². The number of hydrogen-bond donors (Lipinski definition) is 0. The Morgan fingerprint density at radius 2 is 1.75 bits per heavy atom. The van der Waals surface area contributed by atoms with Gasteiger partial charge in [-0.15, -0.1) is 0 Å². The highest BCUT2D eigenvalue weighted by Crippen LogP contribution is 2.26. The van der Waals surface area contributed by atoms with Crippen molar-refractivity contribution in [2.75, 3.05) is 20.8 Å². The van der Waals surface area contributed by atoms with E-state index >= 15 is 0 Å². The Balaban J connectivity index is 2.44. The first-order chi connectivity index (χ1) is 5.83. The van der Waals surface area contributed by atoms with Crippen LogP contribution < -0.4 is 0 Å². The molecule has 0 aromatic rings. The maximum atomic E-state index is 5.53. The lowest BCUT2D eigenvalue weighted by Gasteiger charge is -2.22. The Labute approximate surface area is 74.0 Å². The number of ether oxygens (including phenoxy) is 3. The van der Waals surface area contributed by atoms with Gasteiger partial charge in [0.1, 0.15) is 6.10 Å². The number of rotatable bonds is 4. The van der Waals surface area contributed by atoms with Gasteiger partial charge >= 0.3 is 0 Å². The highest BCUT2D eigenvalue weighted by atomic mass is 16.6. The van der Waals surface area contributed by atoms with Crippen molar-refractivity contribution in [1.82, 2.24) is 0 Å². The fraction of sp³-hybridized carbons (Fsp3) is 1.00. The van der Waals surface area contributed by atoms with E-state index in [1.165, 1.54) is 0 Å². The van der Waals surface area contributed by atoms with E-state index in [1.54, 1.807) is 14.2 Å². The van der Waals surface area contributed by atoms with Gasteiger partial charge in [-0.25, -0.2) is 0 Å². The van der Waals surface area contributed by atoms with Crippen molar-refractivity contribution in [2.24, 2.45) is 0 Å². The van der Waals surface area contributed by atoms with Crippen LogP contribution in [0.25, 0.3) is 0 Å². The van der Waals surface area contributed by atoms with Crippen LogP contribution in [0.5, 0.6) is 0 Å². The Hall–Kier alpha value is -0.120. The molecule has 1 saturated carbocycles. The largest absolute Gasteiger partial charge is 0.379 e. The fourth-order valence-electron chi connectivity index (χ4n) is 1.84. The van der Waals surface area contributed by atoms with Crippen molar-refractivity contribution in [3.8, 4) is 0 Å². The Morgan fingerprint density at radius 1 is 1.08 bits per heavy atom. The average molecular weight is 174 g/mol. The van der Waals surface area contributed by atoms with E-state index < -0.39 is 0 Å². The predicted octanol–water partition coefficient (Wildman–Crippen LogP) is 1.22. The minimum Gasteiger partial charge on any atom is -0.379 e. The lowest BCUT2D eigenvalue weighted by molar-refractivity contribution is -0.0817. The molecule has 3 unspecified atom stereocenters. The van der Waals surface area contributed by atoms with Crippen LogP contribution in [0.2, 0.25) is 0 Å². The molecule has 0 aromatic heterocycles. The third-order valence-corrected chi connectivity index (χ3v) is 2.42. The molecule has 3 nitrogen and oxygen atoms in total. The third-order valence-electron chi connectivity index (χ3n) is 2.42. The number of hydrogen-bond acceptors (Lipinski definition) is 3. The normalized spacial score (nSPS) is 35.8. The molecule has 3 atom stereocenters. The van der Waals surface area contributed by atoms with Gasteiger partial charge in [-0.3, -0.25) is 0 Å². The van der Waals surface area contributed by atoms with Gasteiger partial charge in [0, 0.05) is 20.8 Å².